The number of aliphatic carboxylic acids is 1. The SMILES string of the molecule is COC(=O)c1sccc1S(=O)(=O)N[C@@H](Cc1ccc(OS(=O)(=O)c2cccc3c(N(C)C)cccc23)cc1)C(=O)O. The second kappa shape index (κ2) is 11.9. The molecule has 0 aliphatic carbocycles. The number of sulfonamides is 1. The second-order valence-corrected chi connectivity index (χ2v) is 13.1. The Bertz CT molecular complexity index is 1810. The van der Waals surface area contributed by atoms with Crippen LogP contribution in [0.15, 0.2) is 81.9 Å². The van der Waals surface area contributed by atoms with Crippen molar-refractivity contribution in [1.82, 2.24) is 4.72 Å². The van der Waals surface area contributed by atoms with Crippen molar-refractivity contribution in [2.75, 3.05) is 26.1 Å². The molecule has 3 aromatic carbocycles. The maximum Gasteiger partial charge on any atom is 0.349 e. The van der Waals surface area contributed by atoms with E-state index in [1.807, 2.05) is 31.1 Å². The molecule has 216 valence electrons. The van der Waals surface area contributed by atoms with E-state index in [4.69, 9.17) is 4.18 Å². The Hall–Kier alpha value is -3.98. The molecule has 0 amide bonds. The van der Waals surface area contributed by atoms with Crippen molar-refractivity contribution in [1.29, 1.82) is 0 Å². The average Bonchev–Trinajstić information content (AvgIpc) is 3.43. The summed E-state index contributed by atoms with van der Waals surface area (Å²) in [6.45, 7) is 0. The molecular weight excluding hydrogens is 593 g/mol. The number of hydrogen-bond donors (Lipinski definition) is 2. The Morgan fingerprint density at radius 2 is 1.59 bits per heavy atom. The fourth-order valence-electron chi connectivity index (χ4n) is 4.14. The number of benzene rings is 3. The summed E-state index contributed by atoms with van der Waals surface area (Å²) in [4.78, 5) is 25.1. The van der Waals surface area contributed by atoms with E-state index in [9.17, 15) is 31.5 Å². The van der Waals surface area contributed by atoms with Gasteiger partial charge in [-0.3, -0.25) is 4.79 Å². The maximum absolute atomic E-state index is 13.2. The van der Waals surface area contributed by atoms with Crippen LogP contribution in [0.5, 0.6) is 5.75 Å². The Balaban J connectivity index is 1.53. The Morgan fingerprint density at radius 1 is 0.927 bits per heavy atom. The van der Waals surface area contributed by atoms with E-state index in [-0.39, 0.29) is 26.8 Å². The number of esters is 1. The molecule has 4 rings (SSSR count). The van der Waals surface area contributed by atoms with Gasteiger partial charge in [-0.1, -0.05) is 36.4 Å². The third kappa shape index (κ3) is 6.51. The summed E-state index contributed by atoms with van der Waals surface area (Å²) in [5, 5.41) is 12.3. The number of nitrogens with one attached hydrogen (secondary N) is 1. The van der Waals surface area contributed by atoms with Gasteiger partial charge in [0, 0.05) is 30.6 Å². The summed E-state index contributed by atoms with van der Waals surface area (Å²) in [7, 11) is -3.80. The van der Waals surface area contributed by atoms with E-state index in [1.54, 1.807) is 18.2 Å². The molecule has 1 heterocycles. The number of nitrogens with zero attached hydrogens (tertiary/aromatic N) is 1. The number of rotatable bonds is 11. The summed E-state index contributed by atoms with van der Waals surface area (Å²) in [5.41, 5.74) is 1.23. The van der Waals surface area contributed by atoms with Crippen molar-refractivity contribution < 1.29 is 40.5 Å². The molecule has 0 radical (unpaired) electrons. The van der Waals surface area contributed by atoms with E-state index in [1.165, 1.54) is 41.8 Å². The monoisotopic (exact) mass is 618 g/mol. The smallest absolute Gasteiger partial charge is 0.349 e. The van der Waals surface area contributed by atoms with Gasteiger partial charge >= 0.3 is 22.1 Å². The normalized spacial score (nSPS) is 12.6. The lowest BCUT2D eigenvalue weighted by atomic mass is 10.1. The van der Waals surface area contributed by atoms with Gasteiger partial charge in [-0.15, -0.1) is 11.3 Å². The topological polar surface area (TPSA) is 156 Å². The number of carbonyl (C=O) groups excluding carboxylic acids is 1. The summed E-state index contributed by atoms with van der Waals surface area (Å²) < 4.78 is 64.2. The van der Waals surface area contributed by atoms with Gasteiger partial charge < -0.3 is 18.9 Å². The summed E-state index contributed by atoms with van der Waals surface area (Å²) >= 11 is 0.849. The Morgan fingerprint density at radius 3 is 2.22 bits per heavy atom. The number of carbonyl (C=O) groups is 2. The van der Waals surface area contributed by atoms with Crippen LogP contribution in [0.4, 0.5) is 5.69 Å². The molecular formula is C27H26N2O9S3. The van der Waals surface area contributed by atoms with E-state index in [0.717, 1.165) is 29.5 Å². The largest absolute Gasteiger partial charge is 0.480 e. The molecule has 0 unspecified atom stereocenters. The zero-order chi connectivity index (χ0) is 29.9. The van der Waals surface area contributed by atoms with Crippen molar-refractivity contribution in [3.8, 4) is 5.75 Å². The van der Waals surface area contributed by atoms with Crippen molar-refractivity contribution in [2.45, 2.75) is 22.3 Å². The molecule has 0 aliphatic rings. The zero-order valence-electron chi connectivity index (χ0n) is 22.1. The number of anilines is 1. The van der Waals surface area contributed by atoms with E-state index in [2.05, 4.69) is 9.46 Å². The van der Waals surface area contributed by atoms with Crippen LogP contribution >= 0.6 is 11.3 Å². The molecule has 0 spiro atoms. The van der Waals surface area contributed by atoms with Crippen LogP contribution < -0.4 is 13.8 Å². The van der Waals surface area contributed by atoms with Gasteiger partial charge in [0.1, 0.15) is 26.5 Å². The van der Waals surface area contributed by atoms with Crippen molar-refractivity contribution in [3.63, 3.8) is 0 Å². The number of thiophene rings is 1. The number of carboxylic acids is 1. The molecule has 0 saturated carbocycles. The maximum atomic E-state index is 13.2. The minimum Gasteiger partial charge on any atom is -0.480 e. The number of ether oxygens (including phenoxy) is 1. The van der Waals surface area contributed by atoms with Gasteiger partial charge in [0.15, 0.2) is 0 Å². The number of methoxy groups -OCH3 is 1. The van der Waals surface area contributed by atoms with E-state index >= 15 is 0 Å². The van der Waals surface area contributed by atoms with Crippen LogP contribution in [0, 0.1) is 0 Å². The minimum atomic E-state index is -4.38. The van der Waals surface area contributed by atoms with Gasteiger partial charge in [0.2, 0.25) is 10.0 Å². The highest BCUT2D eigenvalue weighted by atomic mass is 32.2. The number of hydrogen-bond acceptors (Lipinski definition) is 10. The quantitative estimate of drug-likeness (QED) is 0.188. The van der Waals surface area contributed by atoms with Crippen LogP contribution in [-0.2, 0) is 36.1 Å². The first-order valence-corrected chi connectivity index (χ1v) is 15.7. The van der Waals surface area contributed by atoms with Gasteiger partial charge in [-0.2, -0.15) is 13.1 Å². The highest BCUT2D eigenvalue weighted by Crippen LogP contribution is 2.31. The molecule has 4 aromatic rings. The molecule has 2 N–H and O–H groups in total. The first-order valence-electron chi connectivity index (χ1n) is 12.0. The lowest BCUT2D eigenvalue weighted by molar-refractivity contribution is -0.138. The van der Waals surface area contributed by atoms with Gasteiger partial charge in [-0.05, 0) is 47.7 Å². The number of carboxylic acid groups (broad SMARTS) is 1. The van der Waals surface area contributed by atoms with Crippen molar-refractivity contribution >= 4 is 59.9 Å². The second-order valence-electron chi connectivity index (χ2n) is 9.03. The Labute approximate surface area is 241 Å². The molecule has 1 atom stereocenters. The lowest BCUT2D eigenvalue weighted by Gasteiger charge is -2.17. The zero-order valence-corrected chi connectivity index (χ0v) is 24.5. The van der Waals surface area contributed by atoms with Crippen LogP contribution in [0.25, 0.3) is 10.8 Å². The predicted molar refractivity (Wildman–Crippen MR) is 154 cm³/mol. The standard InChI is InChI=1S/C27H26N2O9S3/c1-29(2)22-8-4-7-20-19(22)6-5-9-23(20)41(35,36)38-18-12-10-17(11-13-18)16-21(26(30)31)28-40(33,34)24-14-15-39-25(24)27(32)37-3/h4-15,21,28H,16H2,1-3H3,(H,30,31)/t21-/m0/s1. The molecule has 14 heteroatoms. The highest BCUT2D eigenvalue weighted by molar-refractivity contribution is 7.89. The fraction of sp³-hybridized carbons (Fsp3) is 0.185. The first-order chi connectivity index (χ1) is 19.3. The minimum absolute atomic E-state index is 0.0111. The third-order valence-electron chi connectivity index (χ3n) is 6.06. The summed E-state index contributed by atoms with van der Waals surface area (Å²) in [5.74, 6) is -2.32. The predicted octanol–water partition coefficient (Wildman–Crippen LogP) is 3.50. The molecule has 0 bridgehead atoms. The molecule has 41 heavy (non-hydrogen) atoms. The number of fused-ring (bicyclic) bond motifs is 1. The van der Waals surface area contributed by atoms with Crippen LogP contribution in [-0.4, -0.2) is 61.1 Å². The van der Waals surface area contributed by atoms with Crippen LogP contribution in [0.1, 0.15) is 15.2 Å². The van der Waals surface area contributed by atoms with Crippen molar-refractivity contribution in [2.24, 2.45) is 0 Å². The summed E-state index contributed by atoms with van der Waals surface area (Å²) in [6, 6.07) is 15.4. The van der Waals surface area contributed by atoms with E-state index in [0.29, 0.717) is 10.9 Å². The lowest BCUT2D eigenvalue weighted by Crippen LogP contribution is -2.42. The van der Waals surface area contributed by atoms with Gasteiger partial charge in [-0.25, -0.2) is 13.2 Å². The first kappa shape index (κ1) is 30.0. The average molecular weight is 619 g/mol. The molecule has 1 aromatic heterocycles. The molecule has 0 fully saturated rings. The fourth-order valence-corrected chi connectivity index (χ4v) is 7.81. The molecule has 0 saturated heterocycles. The van der Waals surface area contributed by atoms with Gasteiger partial charge in [0.25, 0.3) is 0 Å². The summed E-state index contributed by atoms with van der Waals surface area (Å²) in [6.07, 6.45) is -0.268. The van der Waals surface area contributed by atoms with Gasteiger partial charge in [0.05, 0.1) is 7.11 Å². The van der Waals surface area contributed by atoms with Crippen LogP contribution in [0.2, 0.25) is 0 Å². The van der Waals surface area contributed by atoms with E-state index < -0.39 is 38.1 Å². The highest BCUT2D eigenvalue weighted by Gasteiger charge is 2.30. The molecule has 0 aliphatic heterocycles. The molecule has 11 nitrogen and oxygen atoms in total. The van der Waals surface area contributed by atoms with Crippen LogP contribution in [0.3, 0.4) is 0 Å². The van der Waals surface area contributed by atoms with Crippen molar-refractivity contribution in [3.05, 3.63) is 82.6 Å². The Kier molecular flexibility index (Phi) is 8.68. The third-order valence-corrected chi connectivity index (χ3v) is 9.91.